The molecule has 0 spiro atoms. The Labute approximate surface area is 154 Å². The smallest absolute Gasteiger partial charge is 0.310 e. The molecule has 1 unspecified atom stereocenters. The summed E-state index contributed by atoms with van der Waals surface area (Å²) in [6, 6.07) is -0.00600. The summed E-state index contributed by atoms with van der Waals surface area (Å²) in [6.07, 6.45) is 9.18. The zero-order valence-electron chi connectivity index (χ0n) is 14.9. The van der Waals surface area contributed by atoms with Gasteiger partial charge in [0.25, 0.3) is 0 Å². The van der Waals surface area contributed by atoms with Crippen LogP contribution in [-0.2, 0) is 9.53 Å². The Hall–Kier alpha value is -1.40. The van der Waals surface area contributed by atoms with Crippen LogP contribution in [0.5, 0.6) is 0 Å². The maximum atomic E-state index is 12.6. The minimum absolute atomic E-state index is 0.00600. The summed E-state index contributed by atoms with van der Waals surface area (Å²) in [6.45, 7) is 5.02. The molecule has 25 heavy (non-hydrogen) atoms. The van der Waals surface area contributed by atoms with Crippen LogP contribution >= 0.6 is 11.6 Å². The number of carbonyl (C=O) groups excluding carboxylic acids is 1. The number of anilines is 1. The molecule has 0 aromatic carbocycles. The van der Waals surface area contributed by atoms with E-state index in [0.29, 0.717) is 16.9 Å². The van der Waals surface area contributed by atoms with Gasteiger partial charge in [0.05, 0.1) is 24.4 Å². The Balaban J connectivity index is 1.63. The summed E-state index contributed by atoms with van der Waals surface area (Å²) < 4.78 is 6.00. The molecule has 2 bridgehead atoms. The number of piperidine rings is 1. The molecule has 2 aliphatic rings. The van der Waals surface area contributed by atoms with Crippen molar-refractivity contribution in [2.45, 2.75) is 64.1 Å². The molecule has 1 aliphatic carbocycles. The van der Waals surface area contributed by atoms with Crippen molar-refractivity contribution in [3.8, 4) is 0 Å². The number of nitrogens with one attached hydrogen (secondary N) is 2. The fraction of sp³-hybridized carbons (Fsp3) is 0.722. The van der Waals surface area contributed by atoms with E-state index in [-0.39, 0.29) is 17.9 Å². The number of fused-ring (bicyclic) bond motifs is 2. The van der Waals surface area contributed by atoms with Gasteiger partial charge in [-0.05, 0) is 18.8 Å². The Bertz CT molecular complexity index is 597. The first-order valence-corrected chi connectivity index (χ1v) is 9.62. The summed E-state index contributed by atoms with van der Waals surface area (Å²) in [7, 11) is 0. The number of ether oxygens (including phenoxy) is 1. The van der Waals surface area contributed by atoms with E-state index in [1.807, 2.05) is 6.92 Å². The van der Waals surface area contributed by atoms with E-state index in [1.54, 1.807) is 6.20 Å². The van der Waals surface area contributed by atoms with Crippen molar-refractivity contribution in [3.05, 3.63) is 17.5 Å². The molecule has 138 valence electrons. The highest BCUT2D eigenvalue weighted by molar-refractivity contribution is 6.29. The van der Waals surface area contributed by atoms with Crippen LogP contribution < -0.4 is 10.6 Å². The first-order valence-electron chi connectivity index (χ1n) is 9.24. The topological polar surface area (TPSA) is 76.1 Å². The van der Waals surface area contributed by atoms with Crippen molar-refractivity contribution in [2.24, 2.45) is 11.8 Å². The molecule has 3 rings (SSSR count). The van der Waals surface area contributed by atoms with E-state index in [4.69, 9.17) is 16.3 Å². The average molecular weight is 367 g/mol. The molecule has 1 saturated heterocycles. The molecule has 2 N–H and O–H groups in total. The van der Waals surface area contributed by atoms with E-state index >= 15 is 0 Å². The summed E-state index contributed by atoms with van der Waals surface area (Å²) in [5.41, 5.74) is -0.637. The molecule has 6 nitrogen and oxygen atoms in total. The third-order valence-electron chi connectivity index (χ3n) is 5.28. The number of aromatic nitrogens is 2. The van der Waals surface area contributed by atoms with E-state index in [1.165, 1.54) is 6.20 Å². The van der Waals surface area contributed by atoms with Crippen LogP contribution in [0.3, 0.4) is 0 Å². The monoisotopic (exact) mass is 366 g/mol. The minimum Gasteiger partial charge on any atom is -0.441 e. The van der Waals surface area contributed by atoms with Gasteiger partial charge in [0.2, 0.25) is 0 Å². The predicted octanol–water partition coefficient (Wildman–Crippen LogP) is 3.38. The molecule has 1 saturated carbocycles. The van der Waals surface area contributed by atoms with Gasteiger partial charge in [-0.25, -0.2) is 9.97 Å². The summed E-state index contributed by atoms with van der Waals surface area (Å²) in [4.78, 5) is 20.9. The fourth-order valence-electron chi connectivity index (χ4n) is 3.83. The van der Waals surface area contributed by atoms with Gasteiger partial charge in [-0.15, -0.1) is 0 Å². The van der Waals surface area contributed by atoms with Gasteiger partial charge in [0.1, 0.15) is 11.0 Å². The normalized spacial score (nSPS) is 28.8. The van der Waals surface area contributed by atoms with Crippen LogP contribution in [0.2, 0.25) is 5.15 Å². The van der Waals surface area contributed by atoms with Crippen LogP contribution in [0.1, 0.15) is 52.4 Å². The number of rotatable bonds is 8. The molecular weight excluding hydrogens is 340 g/mol. The summed E-state index contributed by atoms with van der Waals surface area (Å²) in [5.74, 6) is 0.981. The van der Waals surface area contributed by atoms with Crippen molar-refractivity contribution < 1.29 is 9.53 Å². The van der Waals surface area contributed by atoms with E-state index < -0.39 is 5.72 Å². The second-order valence-corrected chi connectivity index (χ2v) is 7.70. The van der Waals surface area contributed by atoms with Crippen molar-refractivity contribution in [1.29, 1.82) is 0 Å². The molecule has 1 aromatic heterocycles. The van der Waals surface area contributed by atoms with Crippen molar-refractivity contribution in [1.82, 2.24) is 15.3 Å². The molecule has 1 aliphatic heterocycles. The first-order chi connectivity index (χ1) is 12.0. The number of nitrogens with zero attached hydrogens (tertiary/aromatic N) is 2. The van der Waals surface area contributed by atoms with Crippen molar-refractivity contribution in [3.63, 3.8) is 0 Å². The Kier molecular flexibility index (Phi) is 5.79. The number of hydrogen-bond acceptors (Lipinski definition) is 6. The lowest BCUT2D eigenvalue weighted by molar-refractivity contribution is -0.167. The zero-order chi connectivity index (χ0) is 17.9. The lowest BCUT2D eigenvalue weighted by Gasteiger charge is -2.36. The molecule has 4 atom stereocenters. The van der Waals surface area contributed by atoms with Gasteiger partial charge in [-0.2, -0.15) is 0 Å². The maximum absolute atomic E-state index is 12.6. The first kappa shape index (κ1) is 18.4. The second-order valence-electron chi connectivity index (χ2n) is 7.32. The fourth-order valence-corrected chi connectivity index (χ4v) is 3.93. The van der Waals surface area contributed by atoms with Crippen molar-refractivity contribution >= 4 is 23.4 Å². The Morgan fingerprint density at radius 3 is 3.00 bits per heavy atom. The quantitative estimate of drug-likeness (QED) is 0.542. The van der Waals surface area contributed by atoms with E-state index in [2.05, 4.69) is 27.5 Å². The van der Waals surface area contributed by atoms with Crippen LogP contribution in [0.4, 0.5) is 5.82 Å². The molecule has 2 fully saturated rings. The maximum Gasteiger partial charge on any atom is 0.310 e. The largest absolute Gasteiger partial charge is 0.441 e. The Morgan fingerprint density at radius 2 is 2.32 bits per heavy atom. The van der Waals surface area contributed by atoms with Gasteiger partial charge in [-0.1, -0.05) is 44.7 Å². The molecular formula is C18H27ClN4O2. The molecule has 1 aromatic rings. The van der Waals surface area contributed by atoms with Crippen LogP contribution in [0.25, 0.3) is 0 Å². The number of carbonyl (C=O) groups is 1. The summed E-state index contributed by atoms with van der Waals surface area (Å²) >= 11 is 5.79. The molecule has 2 heterocycles. The van der Waals surface area contributed by atoms with Crippen LogP contribution in [0, 0.1) is 11.8 Å². The standard InChI is InChI=1S/C18H27ClN4O2/c1-3-4-5-6-12(2)17(24)25-18-8-13(9-22-18)7-14(18)23-16-11-20-15(19)10-21-16/h10-14,22H,3-9H2,1-2H3,(H,21,23)/t12?,13-,14+,18-/m0/s1. The third kappa shape index (κ3) is 4.23. The lowest BCUT2D eigenvalue weighted by Crippen LogP contribution is -2.57. The molecule has 7 heteroatoms. The number of esters is 1. The highest BCUT2D eigenvalue weighted by atomic mass is 35.5. The van der Waals surface area contributed by atoms with Gasteiger partial charge < -0.3 is 10.1 Å². The van der Waals surface area contributed by atoms with Crippen molar-refractivity contribution in [2.75, 3.05) is 11.9 Å². The zero-order valence-corrected chi connectivity index (χ0v) is 15.7. The number of unbranched alkanes of at least 4 members (excludes halogenated alkanes) is 2. The highest BCUT2D eigenvalue weighted by Gasteiger charge is 2.55. The molecule has 0 amide bonds. The Morgan fingerprint density at radius 1 is 1.48 bits per heavy atom. The van der Waals surface area contributed by atoms with E-state index in [0.717, 1.165) is 45.1 Å². The van der Waals surface area contributed by atoms with Gasteiger partial charge in [-0.3, -0.25) is 10.1 Å². The summed E-state index contributed by atoms with van der Waals surface area (Å²) in [5, 5.41) is 7.15. The van der Waals surface area contributed by atoms with E-state index in [9.17, 15) is 4.79 Å². The van der Waals surface area contributed by atoms with Crippen LogP contribution in [-0.4, -0.2) is 34.2 Å². The van der Waals surface area contributed by atoms with Gasteiger partial charge in [0, 0.05) is 13.0 Å². The second kappa shape index (κ2) is 7.87. The molecule has 0 radical (unpaired) electrons. The SMILES string of the molecule is CCCCCC(C)C(=O)O[C@]12C[C@@H](CN1)C[C@H]2Nc1cnc(Cl)cn1. The third-order valence-corrected chi connectivity index (χ3v) is 5.48. The van der Waals surface area contributed by atoms with Gasteiger partial charge >= 0.3 is 5.97 Å². The van der Waals surface area contributed by atoms with Gasteiger partial charge in [0.15, 0.2) is 5.72 Å². The number of hydrogen-bond donors (Lipinski definition) is 2. The predicted molar refractivity (Wildman–Crippen MR) is 97.3 cm³/mol. The highest BCUT2D eigenvalue weighted by Crippen LogP contribution is 2.42. The average Bonchev–Trinajstić information content (AvgIpc) is 3.14. The minimum atomic E-state index is -0.637. The van der Waals surface area contributed by atoms with Crippen LogP contribution in [0.15, 0.2) is 12.4 Å². The number of halogens is 1. The lowest BCUT2D eigenvalue weighted by atomic mass is 10.0.